The quantitative estimate of drug-likeness (QED) is 0.661. The molecule has 1 aliphatic heterocycles. The van der Waals surface area contributed by atoms with Gasteiger partial charge in [-0.05, 0) is 32.1 Å². The first kappa shape index (κ1) is 10.7. The fraction of sp³-hybridized carbons (Fsp3) is 0.818. The highest BCUT2D eigenvalue weighted by Crippen LogP contribution is 2.36. The number of nitrogens with zero attached hydrogens (tertiary/aromatic N) is 2. The molecular weight excluding hydrogens is 195 g/mol. The molecule has 0 spiro atoms. The maximum Gasteiger partial charge on any atom is 0.219 e. The minimum absolute atomic E-state index is 0.123. The zero-order valence-corrected chi connectivity index (χ0v) is 8.93. The van der Waals surface area contributed by atoms with Gasteiger partial charge in [0.25, 0.3) is 0 Å². The molecule has 84 valence electrons. The number of halogens is 1. The monoisotopic (exact) mass is 212 g/mol. The molecule has 0 amide bonds. The number of aliphatic imine (C=N–C) groups is 2. The number of hydrogen-bond acceptors (Lipinski definition) is 3. The topological polar surface area (TPSA) is 45.0 Å². The first-order chi connectivity index (χ1) is 7.09. The van der Waals surface area contributed by atoms with E-state index in [-0.39, 0.29) is 12.0 Å². The number of aliphatic hydroxyl groups excluding tert-OH is 1. The molecule has 0 aromatic heterocycles. The Morgan fingerprint density at radius 1 is 1.40 bits per heavy atom. The molecule has 4 heteroatoms. The van der Waals surface area contributed by atoms with Crippen molar-refractivity contribution in [2.24, 2.45) is 15.9 Å². The van der Waals surface area contributed by atoms with Gasteiger partial charge in [0.15, 0.2) is 0 Å². The van der Waals surface area contributed by atoms with Gasteiger partial charge in [-0.25, -0.2) is 4.39 Å². The van der Waals surface area contributed by atoms with Crippen LogP contribution in [0.1, 0.15) is 32.6 Å². The lowest BCUT2D eigenvalue weighted by atomic mass is 9.79. The minimum atomic E-state index is -1.60. The van der Waals surface area contributed by atoms with Crippen molar-refractivity contribution in [2.75, 3.05) is 0 Å². The Hall–Kier alpha value is -0.770. The van der Waals surface area contributed by atoms with Crippen LogP contribution in [0.4, 0.5) is 4.39 Å². The summed E-state index contributed by atoms with van der Waals surface area (Å²) < 4.78 is 14.1. The molecule has 0 bridgehead atoms. The van der Waals surface area contributed by atoms with Crippen molar-refractivity contribution in [3.05, 3.63) is 0 Å². The van der Waals surface area contributed by atoms with E-state index in [4.69, 9.17) is 0 Å². The van der Waals surface area contributed by atoms with Crippen LogP contribution in [0.25, 0.3) is 0 Å². The molecule has 0 aromatic rings. The van der Waals surface area contributed by atoms with Crippen LogP contribution in [0.2, 0.25) is 0 Å². The third-order valence-electron chi connectivity index (χ3n) is 3.31. The van der Waals surface area contributed by atoms with Crippen LogP contribution < -0.4 is 0 Å². The molecule has 1 heterocycles. The molecule has 1 saturated carbocycles. The molecule has 0 saturated heterocycles. The lowest BCUT2D eigenvalue weighted by Crippen LogP contribution is -2.42. The lowest BCUT2D eigenvalue weighted by Gasteiger charge is -2.36. The van der Waals surface area contributed by atoms with E-state index in [2.05, 4.69) is 9.98 Å². The van der Waals surface area contributed by atoms with E-state index < -0.39 is 11.8 Å². The number of hydrogen-bond donors (Lipinski definition) is 1. The summed E-state index contributed by atoms with van der Waals surface area (Å²) >= 11 is 0. The summed E-state index contributed by atoms with van der Waals surface area (Å²) in [5.74, 6) is -1.48. The van der Waals surface area contributed by atoms with Crippen LogP contribution in [0.3, 0.4) is 0 Å². The maximum atomic E-state index is 14.1. The van der Waals surface area contributed by atoms with E-state index in [0.717, 1.165) is 19.3 Å². The van der Waals surface area contributed by atoms with Gasteiger partial charge < -0.3 is 5.11 Å². The summed E-state index contributed by atoms with van der Waals surface area (Å²) in [5.41, 5.74) is 0. The number of rotatable bonds is 1. The fourth-order valence-electron chi connectivity index (χ4n) is 2.56. The molecule has 3 nitrogen and oxygen atoms in total. The minimum Gasteiger partial charge on any atom is -0.393 e. The normalized spacial score (nSPS) is 45.7. The summed E-state index contributed by atoms with van der Waals surface area (Å²) in [5, 5.41) is 9.57. The lowest BCUT2D eigenvalue weighted by molar-refractivity contribution is 0.0529. The molecule has 4 atom stereocenters. The van der Waals surface area contributed by atoms with Crippen LogP contribution in [-0.2, 0) is 0 Å². The van der Waals surface area contributed by atoms with Gasteiger partial charge in [0, 0.05) is 12.4 Å². The van der Waals surface area contributed by atoms with Crippen molar-refractivity contribution in [2.45, 2.75) is 50.5 Å². The Kier molecular flexibility index (Phi) is 2.87. The average Bonchev–Trinajstić information content (AvgIpc) is 2.17. The smallest absolute Gasteiger partial charge is 0.219 e. The molecule has 2 unspecified atom stereocenters. The van der Waals surface area contributed by atoms with Gasteiger partial charge in [-0.1, -0.05) is 6.42 Å². The predicted octanol–water partition coefficient (Wildman–Crippen LogP) is 1.75. The molecule has 1 aliphatic carbocycles. The van der Waals surface area contributed by atoms with Crippen molar-refractivity contribution in [1.29, 1.82) is 0 Å². The van der Waals surface area contributed by atoms with E-state index >= 15 is 0 Å². The number of alkyl halides is 1. The second-order valence-electron chi connectivity index (χ2n) is 4.63. The van der Waals surface area contributed by atoms with Crippen LogP contribution >= 0.6 is 0 Å². The van der Waals surface area contributed by atoms with Crippen molar-refractivity contribution >= 4 is 12.4 Å². The molecule has 0 radical (unpaired) electrons. The number of aliphatic hydroxyl groups is 1. The summed E-state index contributed by atoms with van der Waals surface area (Å²) in [7, 11) is 0. The molecule has 2 aliphatic rings. The highest BCUT2D eigenvalue weighted by atomic mass is 19.1. The summed E-state index contributed by atoms with van der Waals surface area (Å²) in [4.78, 5) is 8.00. The van der Waals surface area contributed by atoms with E-state index in [1.807, 2.05) is 0 Å². The van der Waals surface area contributed by atoms with E-state index in [0.29, 0.717) is 6.42 Å². The molecule has 2 rings (SSSR count). The maximum absolute atomic E-state index is 14.1. The fourth-order valence-corrected chi connectivity index (χ4v) is 2.56. The highest BCUT2D eigenvalue weighted by Gasteiger charge is 2.41. The second kappa shape index (κ2) is 4.00. The second-order valence-corrected chi connectivity index (χ2v) is 4.63. The van der Waals surface area contributed by atoms with Gasteiger partial charge in [-0.15, -0.1) is 0 Å². The van der Waals surface area contributed by atoms with E-state index in [1.165, 1.54) is 13.1 Å². The third kappa shape index (κ3) is 2.25. The molecular formula is C11H17FN2O. The SMILES string of the molecule is CC1(F)N=CC=NC1[C@H]1CCC[C@H](O)C1. The molecule has 1 N–H and O–H groups in total. The zero-order chi connectivity index (χ0) is 10.9. The van der Waals surface area contributed by atoms with Crippen LogP contribution in [0, 0.1) is 5.92 Å². The summed E-state index contributed by atoms with van der Waals surface area (Å²) in [6, 6.07) is -0.419. The van der Waals surface area contributed by atoms with Crippen LogP contribution in [0.15, 0.2) is 9.98 Å². The van der Waals surface area contributed by atoms with Crippen molar-refractivity contribution in [1.82, 2.24) is 0 Å². The predicted molar refractivity (Wildman–Crippen MR) is 58.2 cm³/mol. The van der Waals surface area contributed by atoms with Gasteiger partial charge in [-0.2, -0.15) is 0 Å². The van der Waals surface area contributed by atoms with Crippen LogP contribution in [0.5, 0.6) is 0 Å². The van der Waals surface area contributed by atoms with Gasteiger partial charge in [0.2, 0.25) is 5.79 Å². The van der Waals surface area contributed by atoms with Gasteiger partial charge >= 0.3 is 0 Å². The molecule has 15 heavy (non-hydrogen) atoms. The Balaban J connectivity index is 2.09. The average molecular weight is 212 g/mol. The van der Waals surface area contributed by atoms with Gasteiger partial charge in [0.05, 0.1) is 6.10 Å². The first-order valence-electron chi connectivity index (χ1n) is 5.53. The standard InChI is InChI=1S/C11H17FN2O/c1-11(12)10(13-5-6-14-11)8-3-2-4-9(15)7-8/h5-6,8-10,15H,2-4,7H2,1H3/t8-,9-,10?,11?/m0/s1. The first-order valence-corrected chi connectivity index (χ1v) is 5.53. The largest absolute Gasteiger partial charge is 0.393 e. The summed E-state index contributed by atoms with van der Waals surface area (Å²) in [6.45, 7) is 1.46. The Bertz CT molecular complexity index is 288. The van der Waals surface area contributed by atoms with Crippen molar-refractivity contribution in [3.63, 3.8) is 0 Å². The van der Waals surface area contributed by atoms with Gasteiger partial charge in [-0.3, -0.25) is 9.98 Å². The highest BCUT2D eigenvalue weighted by molar-refractivity contribution is 6.16. The van der Waals surface area contributed by atoms with E-state index in [9.17, 15) is 9.50 Å². The van der Waals surface area contributed by atoms with Crippen molar-refractivity contribution < 1.29 is 9.50 Å². The van der Waals surface area contributed by atoms with Crippen molar-refractivity contribution in [3.8, 4) is 0 Å². The Labute approximate surface area is 89.1 Å². The van der Waals surface area contributed by atoms with Gasteiger partial charge in [0.1, 0.15) is 6.04 Å². The molecule has 0 aromatic carbocycles. The zero-order valence-electron chi connectivity index (χ0n) is 8.93. The Morgan fingerprint density at radius 2 is 2.20 bits per heavy atom. The van der Waals surface area contributed by atoms with Crippen LogP contribution in [-0.4, -0.2) is 35.5 Å². The third-order valence-corrected chi connectivity index (χ3v) is 3.31. The Morgan fingerprint density at radius 3 is 2.87 bits per heavy atom. The van der Waals surface area contributed by atoms with E-state index in [1.54, 1.807) is 6.21 Å². The summed E-state index contributed by atoms with van der Waals surface area (Å²) in [6.07, 6.45) is 6.06. The molecule has 1 fully saturated rings.